The first-order valence-corrected chi connectivity index (χ1v) is 9.54. The summed E-state index contributed by atoms with van der Waals surface area (Å²) < 4.78 is 0.266. The van der Waals surface area contributed by atoms with Crippen LogP contribution in [0, 0.1) is 0 Å². The van der Waals surface area contributed by atoms with Gasteiger partial charge in [0.2, 0.25) is 0 Å². The lowest BCUT2D eigenvalue weighted by molar-refractivity contribution is -0.145. The lowest BCUT2D eigenvalue weighted by Gasteiger charge is -2.23. The molecule has 0 aliphatic carbocycles. The second-order valence-electron chi connectivity index (χ2n) is 5.89. The maximum absolute atomic E-state index is 12.7. The molecule has 4 nitrogen and oxygen atoms in total. The summed E-state index contributed by atoms with van der Waals surface area (Å²) in [5, 5.41) is 9.65. The molecule has 0 radical (unpaired) electrons. The van der Waals surface area contributed by atoms with E-state index in [-0.39, 0.29) is 16.6 Å². The van der Waals surface area contributed by atoms with E-state index in [2.05, 4.69) is 0 Å². The highest BCUT2D eigenvalue weighted by Crippen LogP contribution is 2.33. The van der Waals surface area contributed by atoms with Gasteiger partial charge in [0.05, 0.1) is 4.91 Å². The van der Waals surface area contributed by atoms with Crippen LogP contribution >= 0.6 is 24.0 Å². The van der Waals surface area contributed by atoms with Gasteiger partial charge in [-0.25, -0.2) is 4.79 Å². The lowest BCUT2D eigenvalue weighted by atomic mass is 10.0. The average Bonchev–Trinajstić information content (AvgIpc) is 2.95. The molecule has 1 aliphatic heterocycles. The Balaban J connectivity index is 1.78. The zero-order chi connectivity index (χ0) is 19.2. The number of thioether (sulfide) groups is 1. The highest BCUT2D eigenvalue weighted by molar-refractivity contribution is 8.26. The van der Waals surface area contributed by atoms with Gasteiger partial charge in [0.15, 0.2) is 0 Å². The first-order valence-electron chi connectivity index (χ1n) is 8.32. The van der Waals surface area contributed by atoms with Gasteiger partial charge in [-0.1, -0.05) is 96.8 Å². The predicted molar refractivity (Wildman–Crippen MR) is 112 cm³/mol. The van der Waals surface area contributed by atoms with Crippen LogP contribution in [0.2, 0.25) is 0 Å². The van der Waals surface area contributed by atoms with Crippen LogP contribution in [0.5, 0.6) is 0 Å². The number of carbonyl (C=O) groups is 2. The van der Waals surface area contributed by atoms with Crippen molar-refractivity contribution in [2.24, 2.45) is 0 Å². The quantitative estimate of drug-likeness (QED) is 0.588. The topological polar surface area (TPSA) is 57.6 Å². The summed E-state index contributed by atoms with van der Waals surface area (Å²) in [4.78, 5) is 26.2. The van der Waals surface area contributed by atoms with Crippen LogP contribution in [0.15, 0.2) is 77.7 Å². The lowest BCUT2D eigenvalue weighted by Crippen LogP contribution is -2.45. The third kappa shape index (κ3) is 4.72. The Hall–Kier alpha value is -2.70. The number of allylic oxidation sites excluding steroid dienone is 2. The summed E-state index contributed by atoms with van der Waals surface area (Å²) in [6.45, 7) is 0. The van der Waals surface area contributed by atoms with Gasteiger partial charge in [-0.05, 0) is 17.2 Å². The molecule has 2 aromatic rings. The summed E-state index contributed by atoms with van der Waals surface area (Å²) in [7, 11) is 0. The number of carboxylic acids is 1. The van der Waals surface area contributed by atoms with E-state index in [1.54, 1.807) is 12.2 Å². The summed E-state index contributed by atoms with van der Waals surface area (Å²) in [6.07, 6.45) is 5.53. The summed E-state index contributed by atoms with van der Waals surface area (Å²) in [6, 6.07) is 17.9. The summed E-state index contributed by atoms with van der Waals surface area (Å²) in [5.74, 6) is -1.44. The van der Waals surface area contributed by atoms with Crippen molar-refractivity contribution < 1.29 is 14.7 Å². The Morgan fingerprint density at radius 2 is 1.74 bits per heavy atom. The zero-order valence-electron chi connectivity index (χ0n) is 14.3. The Bertz CT molecular complexity index is 908. The van der Waals surface area contributed by atoms with Crippen molar-refractivity contribution in [1.82, 2.24) is 4.90 Å². The van der Waals surface area contributed by atoms with Crippen LogP contribution in [0.3, 0.4) is 0 Å². The molecule has 1 amide bonds. The number of nitrogens with zero attached hydrogens (tertiary/aromatic N) is 1. The normalized spacial score (nSPS) is 17.0. The van der Waals surface area contributed by atoms with Crippen molar-refractivity contribution in [3.05, 3.63) is 88.8 Å². The molecule has 1 aliphatic rings. The molecule has 2 aromatic carbocycles. The largest absolute Gasteiger partial charge is 0.480 e. The molecule has 1 heterocycles. The van der Waals surface area contributed by atoms with E-state index in [0.29, 0.717) is 4.91 Å². The Morgan fingerprint density at radius 3 is 2.37 bits per heavy atom. The highest BCUT2D eigenvalue weighted by Gasteiger charge is 2.40. The number of carboxylic acid groups (broad SMARTS) is 1. The van der Waals surface area contributed by atoms with E-state index in [9.17, 15) is 14.7 Å². The van der Waals surface area contributed by atoms with Gasteiger partial charge in [-0.15, -0.1) is 0 Å². The Labute approximate surface area is 167 Å². The highest BCUT2D eigenvalue weighted by atomic mass is 32.2. The predicted octanol–water partition coefficient (Wildman–Crippen LogP) is 4.14. The number of rotatable bonds is 6. The number of amides is 1. The van der Waals surface area contributed by atoms with Gasteiger partial charge in [0.25, 0.3) is 5.91 Å². The van der Waals surface area contributed by atoms with Crippen molar-refractivity contribution in [2.45, 2.75) is 12.5 Å². The molecule has 0 spiro atoms. The molecule has 1 N–H and O–H groups in total. The van der Waals surface area contributed by atoms with Crippen LogP contribution in [-0.2, 0) is 16.0 Å². The minimum absolute atomic E-state index is 0.204. The van der Waals surface area contributed by atoms with Crippen LogP contribution in [-0.4, -0.2) is 32.2 Å². The monoisotopic (exact) mass is 395 g/mol. The molecule has 1 atom stereocenters. The maximum Gasteiger partial charge on any atom is 0.327 e. The fourth-order valence-electron chi connectivity index (χ4n) is 2.70. The van der Waals surface area contributed by atoms with Gasteiger partial charge < -0.3 is 5.11 Å². The Morgan fingerprint density at radius 1 is 1.11 bits per heavy atom. The smallest absolute Gasteiger partial charge is 0.327 e. The maximum atomic E-state index is 12.7. The van der Waals surface area contributed by atoms with E-state index >= 15 is 0 Å². The molecule has 0 saturated carbocycles. The second-order valence-corrected chi connectivity index (χ2v) is 7.56. The van der Waals surface area contributed by atoms with E-state index in [1.165, 1.54) is 4.90 Å². The first-order chi connectivity index (χ1) is 13.1. The van der Waals surface area contributed by atoms with Gasteiger partial charge in [-0.3, -0.25) is 9.69 Å². The molecule has 0 aromatic heterocycles. The Kier molecular flexibility index (Phi) is 6.21. The number of benzene rings is 2. The zero-order valence-corrected chi connectivity index (χ0v) is 16.0. The SMILES string of the molecule is O=C(O)[C@H](Cc1ccccc1)N1C(=O)/C(=C\C=C\c2ccccc2)SC1=S. The fraction of sp³-hybridized carbons (Fsp3) is 0.0952. The third-order valence-corrected chi connectivity index (χ3v) is 5.38. The van der Waals surface area contributed by atoms with E-state index in [4.69, 9.17) is 12.2 Å². The molecular weight excluding hydrogens is 378 g/mol. The van der Waals surface area contributed by atoms with Crippen LogP contribution in [0.1, 0.15) is 11.1 Å². The molecular formula is C21H17NO3S2. The molecule has 3 rings (SSSR count). The van der Waals surface area contributed by atoms with Gasteiger partial charge >= 0.3 is 5.97 Å². The van der Waals surface area contributed by atoms with Crippen LogP contribution in [0.4, 0.5) is 0 Å². The number of hydrogen-bond donors (Lipinski definition) is 1. The van der Waals surface area contributed by atoms with E-state index < -0.39 is 12.0 Å². The number of thiocarbonyl (C=S) groups is 1. The molecule has 0 bridgehead atoms. The summed E-state index contributed by atoms with van der Waals surface area (Å²) >= 11 is 6.42. The molecule has 6 heteroatoms. The molecule has 0 unspecified atom stereocenters. The van der Waals surface area contributed by atoms with E-state index in [0.717, 1.165) is 22.9 Å². The molecule has 1 fully saturated rings. The van der Waals surface area contributed by atoms with Crippen molar-refractivity contribution in [2.75, 3.05) is 0 Å². The number of aliphatic carboxylic acids is 1. The van der Waals surface area contributed by atoms with Gasteiger partial charge in [-0.2, -0.15) is 0 Å². The minimum atomic E-state index is -1.07. The number of hydrogen-bond acceptors (Lipinski definition) is 4. The fourth-order valence-corrected chi connectivity index (χ4v) is 4.01. The number of carbonyl (C=O) groups excluding carboxylic acids is 1. The van der Waals surface area contributed by atoms with Crippen molar-refractivity contribution in [3.8, 4) is 0 Å². The molecule has 1 saturated heterocycles. The minimum Gasteiger partial charge on any atom is -0.480 e. The molecule has 136 valence electrons. The first kappa shape index (κ1) is 19.1. The van der Waals surface area contributed by atoms with Gasteiger partial charge in [0.1, 0.15) is 10.4 Å². The summed E-state index contributed by atoms with van der Waals surface area (Å²) in [5.41, 5.74) is 1.85. The molecule has 27 heavy (non-hydrogen) atoms. The van der Waals surface area contributed by atoms with Crippen molar-refractivity contribution in [1.29, 1.82) is 0 Å². The van der Waals surface area contributed by atoms with E-state index in [1.807, 2.05) is 66.7 Å². The third-order valence-electron chi connectivity index (χ3n) is 4.03. The average molecular weight is 396 g/mol. The second kappa shape index (κ2) is 8.79. The van der Waals surface area contributed by atoms with Crippen LogP contribution in [0.25, 0.3) is 6.08 Å². The van der Waals surface area contributed by atoms with Crippen LogP contribution < -0.4 is 0 Å². The van der Waals surface area contributed by atoms with Gasteiger partial charge in [0, 0.05) is 6.42 Å². The van der Waals surface area contributed by atoms with Crippen molar-refractivity contribution >= 4 is 46.3 Å². The van der Waals surface area contributed by atoms with Crippen molar-refractivity contribution in [3.63, 3.8) is 0 Å². The standard InChI is InChI=1S/C21H17NO3S2/c23-19-18(13-7-12-15-8-3-1-4-9-15)27-21(26)22(19)17(20(24)25)14-16-10-5-2-6-11-16/h1-13,17H,14H2,(H,24,25)/b12-7+,18-13+/t17-/m0/s1.